The topological polar surface area (TPSA) is 75.6 Å². The molecule has 3 rings (SSSR count). The maximum atomic E-state index is 14.7. The van der Waals surface area contributed by atoms with Gasteiger partial charge in [-0.05, 0) is 25.7 Å². The molecular formula is C18H17F9N4O3. The SMILES string of the molecule is O=C(OC(C(F)(F)F)C(F)(F)F)N1CCC2(CCCN2C(=O)C(F)(F)c2ncc(F)cn2)CC1. The number of piperidine rings is 1. The molecule has 16 heteroatoms. The first kappa shape index (κ1) is 25.8. The highest BCUT2D eigenvalue weighted by Gasteiger charge is 2.61. The van der Waals surface area contributed by atoms with Gasteiger partial charge in [-0.2, -0.15) is 35.1 Å². The molecule has 0 aromatic carbocycles. The molecule has 0 saturated carbocycles. The summed E-state index contributed by atoms with van der Waals surface area (Å²) in [5.74, 6) is -8.12. The van der Waals surface area contributed by atoms with Crippen molar-refractivity contribution in [3.8, 4) is 0 Å². The molecule has 190 valence electrons. The van der Waals surface area contributed by atoms with Crippen molar-refractivity contribution >= 4 is 12.0 Å². The molecule has 1 aromatic rings. The quantitative estimate of drug-likeness (QED) is 0.581. The highest BCUT2D eigenvalue weighted by Crippen LogP contribution is 2.42. The third-order valence-corrected chi connectivity index (χ3v) is 5.78. The average molecular weight is 508 g/mol. The number of hydrogen-bond donors (Lipinski definition) is 0. The number of rotatable bonds is 3. The third kappa shape index (κ3) is 4.99. The molecule has 1 spiro atoms. The summed E-state index contributed by atoms with van der Waals surface area (Å²) in [6, 6.07) is 0. The Morgan fingerprint density at radius 3 is 1.94 bits per heavy atom. The standard InChI is InChI=1S/C18H17F9N4O3/c19-10-8-28-12(29-9-10)16(20,21)13(32)31-5-1-2-15(31)3-6-30(7-4-15)14(33)34-11(17(22,23)24)18(25,26)27/h8-9,11H,1-7H2. The van der Waals surface area contributed by atoms with Crippen LogP contribution in [0, 0.1) is 5.82 Å². The fourth-order valence-corrected chi connectivity index (χ4v) is 4.11. The molecule has 2 amide bonds. The number of carbonyl (C=O) groups is 2. The Balaban J connectivity index is 1.70. The summed E-state index contributed by atoms with van der Waals surface area (Å²) in [5.41, 5.74) is -1.20. The van der Waals surface area contributed by atoms with E-state index in [1.807, 2.05) is 0 Å². The molecule has 34 heavy (non-hydrogen) atoms. The van der Waals surface area contributed by atoms with Gasteiger partial charge in [0.1, 0.15) is 0 Å². The van der Waals surface area contributed by atoms with Crippen molar-refractivity contribution in [2.24, 2.45) is 0 Å². The number of ether oxygens (including phenoxy) is 1. The van der Waals surface area contributed by atoms with Crippen LogP contribution in [0.5, 0.6) is 0 Å². The van der Waals surface area contributed by atoms with E-state index in [-0.39, 0.29) is 25.8 Å². The molecule has 7 nitrogen and oxygen atoms in total. The van der Waals surface area contributed by atoms with Crippen LogP contribution in [0.4, 0.5) is 44.3 Å². The Hall–Kier alpha value is -2.81. The first-order chi connectivity index (χ1) is 15.6. The molecule has 0 bridgehead atoms. The zero-order chi connectivity index (χ0) is 25.5. The zero-order valence-electron chi connectivity index (χ0n) is 17.1. The Labute approximate surface area is 185 Å². The second kappa shape index (κ2) is 8.76. The number of hydrogen-bond acceptors (Lipinski definition) is 5. The summed E-state index contributed by atoms with van der Waals surface area (Å²) < 4.78 is 122. The van der Waals surface area contributed by atoms with Gasteiger partial charge < -0.3 is 14.5 Å². The van der Waals surface area contributed by atoms with Crippen LogP contribution in [0.15, 0.2) is 12.4 Å². The predicted octanol–water partition coefficient (Wildman–Crippen LogP) is 3.79. The highest BCUT2D eigenvalue weighted by molar-refractivity contribution is 5.85. The molecule has 2 fully saturated rings. The van der Waals surface area contributed by atoms with Crippen molar-refractivity contribution in [3.05, 3.63) is 24.0 Å². The molecule has 2 aliphatic rings. The maximum absolute atomic E-state index is 14.7. The largest absolute Gasteiger partial charge is 0.434 e. The number of carbonyl (C=O) groups excluding carboxylic acids is 2. The molecule has 0 aliphatic carbocycles. The van der Waals surface area contributed by atoms with E-state index in [0.717, 1.165) is 4.90 Å². The lowest BCUT2D eigenvalue weighted by Crippen LogP contribution is -2.58. The van der Waals surface area contributed by atoms with Gasteiger partial charge in [-0.1, -0.05) is 0 Å². The number of likely N-dealkylation sites (tertiary alicyclic amines) is 2. The number of amides is 2. The molecule has 3 heterocycles. The van der Waals surface area contributed by atoms with E-state index < -0.39 is 66.6 Å². The third-order valence-electron chi connectivity index (χ3n) is 5.78. The van der Waals surface area contributed by atoms with Crippen LogP contribution in [0.25, 0.3) is 0 Å². The van der Waals surface area contributed by atoms with E-state index in [9.17, 15) is 49.1 Å². The Morgan fingerprint density at radius 2 is 1.44 bits per heavy atom. The molecule has 1 aromatic heterocycles. The maximum Gasteiger partial charge on any atom is 0.434 e. The lowest BCUT2D eigenvalue weighted by atomic mass is 9.84. The van der Waals surface area contributed by atoms with Crippen molar-refractivity contribution in [3.63, 3.8) is 0 Å². The van der Waals surface area contributed by atoms with Crippen LogP contribution >= 0.6 is 0 Å². The van der Waals surface area contributed by atoms with Crippen LogP contribution in [0.1, 0.15) is 31.5 Å². The Morgan fingerprint density at radius 1 is 0.912 bits per heavy atom. The van der Waals surface area contributed by atoms with E-state index in [0.29, 0.717) is 23.7 Å². The molecule has 2 saturated heterocycles. The second-order valence-corrected chi connectivity index (χ2v) is 7.92. The fraction of sp³-hybridized carbons (Fsp3) is 0.667. The molecule has 2 aliphatic heterocycles. The minimum Gasteiger partial charge on any atom is -0.426 e. The van der Waals surface area contributed by atoms with Crippen LogP contribution in [0.3, 0.4) is 0 Å². The molecule has 0 radical (unpaired) electrons. The Kier molecular flexibility index (Phi) is 6.65. The number of alkyl halides is 8. The van der Waals surface area contributed by atoms with Gasteiger partial charge in [0, 0.05) is 25.2 Å². The van der Waals surface area contributed by atoms with E-state index in [2.05, 4.69) is 14.7 Å². The minimum absolute atomic E-state index is 0.107. The van der Waals surface area contributed by atoms with Crippen LogP contribution < -0.4 is 0 Å². The normalized spacial score (nSPS) is 19.1. The minimum atomic E-state index is -5.88. The summed E-state index contributed by atoms with van der Waals surface area (Å²) in [7, 11) is 0. The van der Waals surface area contributed by atoms with E-state index in [4.69, 9.17) is 0 Å². The first-order valence-electron chi connectivity index (χ1n) is 9.85. The van der Waals surface area contributed by atoms with Gasteiger partial charge in [0.25, 0.3) is 6.10 Å². The van der Waals surface area contributed by atoms with Gasteiger partial charge in [-0.25, -0.2) is 19.2 Å². The van der Waals surface area contributed by atoms with Crippen LogP contribution in [0.2, 0.25) is 0 Å². The lowest BCUT2D eigenvalue weighted by molar-refractivity contribution is -0.308. The summed E-state index contributed by atoms with van der Waals surface area (Å²) in [6.45, 7) is -0.961. The van der Waals surface area contributed by atoms with Crippen molar-refractivity contribution in [1.29, 1.82) is 0 Å². The van der Waals surface area contributed by atoms with Gasteiger partial charge in [-0.3, -0.25) is 4.79 Å². The van der Waals surface area contributed by atoms with Gasteiger partial charge in [-0.15, -0.1) is 0 Å². The average Bonchev–Trinajstić information content (AvgIpc) is 3.13. The Bertz CT molecular complexity index is 899. The molecule has 0 unspecified atom stereocenters. The summed E-state index contributed by atoms with van der Waals surface area (Å²) in [4.78, 5) is 32.3. The van der Waals surface area contributed by atoms with Gasteiger partial charge in [0.15, 0.2) is 5.82 Å². The van der Waals surface area contributed by atoms with E-state index >= 15 is 0 Å². The molecule has 0 atom stereocenters. The number of aromatic nitrogens is 2. The lowest BCUT2D eigenvalue weighted by Gasteiger charge is -2.45. The smallest absolute Gasteiger partial charge is 0.426 e. The monoisotopic (exact) mass is 508 g/mol. The summed E-state index contributed by atoms with van der Waals surface area (Å²) in [6.07, 6.45) is -16.9. The first-order valence-corrected chi connectivity index (χ1v) is 9.85. The number of halogens is 9. The van der Waals surface area contributed by atoms with Crippen molar-refractivity contribution in [2.45, 2.75) is 55.6 Å². The van der Waals surface area contributed by atoms with Gasteiger partial charge >= 0.3 is 30.3 Å². The van der Waals surface area contributed by atoms with E-state index in [1.165, 1.54) is 0 Å². The van der Waals surface area contributed by atoms with E-state index in [1.54, 1.807) is 0 Å². The fourth-order valence-electron chi connectivity index (χ4n) is 4.11. The predicted molar refractivity (Wildman–Crippen MR) is 92.7 cm³/mol. The molecule has 0 N–H and O–H groups in total. The van der Waals surface area contributed by atoms with Gasteiger partial charge in [0.2, 0.25) is 5.82 Å². The van der Waals surface area contributed by atoms with Gasteiger partial charge in [0.05, 0.1) is 12.4 Å². The van der Waals surface area contributed by atoms with Crippen molar-refractivity contribution in [1.82, 2.24) is 19.8 Å². The van der Waals surface area contributed by atoms with Crippen LogP contribution in [-0.4, -0.2) is 75.4 Å². The van der Waals surface area contributed by atoms with Crippen LogP contribution in [-0.2, 0) is 15.5 Å². The summed E-state index contributed by atoms with van der Waals surface area (Å²) in [5, 5.41) is 0. The van der Waals surface area contributed by atoms with Crippen molar-refractivity contribution < 1.29 is 53.8 Å². The number of nitrogens with zero attached hydrogens (tertiary/aromatic N) is 4. The second-order valence-electron chi connectivity index (χ2n) is 7.92. The highest BCUT2D eigenvalue weighted by atomic mass is 19.4. The van der Waals surface area contributed by atoms with Crippen molar-refractivity contribution in [2.75, 3.05) is 19.6 Å². The molecular weight excluding hydrogens is 491 g/mol. The zero-order valence-corrected chi connectivity index (χ0v) is 17.1. The summed E-state index contributed by atoms with van der Waals surface area (Å²) >= 11 is 0.